The zero-order chi connectivity index (χ0) is 7.42. The maximum absolute atomic E-state index is 2.49. The van der Waals surface area contributed by atoms with E-state index >= 15 is 0 Å². The Kier molecular flexibility index (Phi) is 1.09. The molecule has 0 nitrogen and oxygen atoms in total. The molecule has 0 N–H and O–H groups in total. The maximum atomic E-state index is 2.49. The van der Waals surface area contributed by atoms with Crippen LogP contribution in [0, 0.1) is 29.6 Å². The van der Waals surface area contributed by atoms with Crippen molar-refractivity contribution >= 4 is 0 Å². The van der Waals surface area contributed by atoms with Crippen LogP contribution in [0.3, 0.4) is 0 Å². The molecule has 11 heavy (non-hydrogen) atoms. The number of hydrogen-bond acceptors (Lipinski definition) is 0. The van der Waals surface area contributed by atoms with Gasteiger partial charge in [-0.1, -0.05) is 19.1 Å². The smallest absolute Gasteiger partial charge is 0.0168 e. The van der Waals surface area contributed by atoms with Gasteiger partial charge in [0.1, 0.15) is 0 Å². The van der Waals surface area contributed by atoms with E-state index in [9.17, 15) is 0 Å². The summed E-state index contributed by atoms with van der Waals surface area (Å²) in [4.78, 5) is 0. The molecular formula is C11H16. The minimum atomic E-state index is 1.02. The van der Waals surface area contributed by atoms with E-state index in [1.807, 2.05) is 0 Å². The molecule has 5 unspecified atom stereocenters. The van der Waals surface area contributed by atoms with Crippen molar-refractivity contribution in [3.05, 3.63) is 12.2 Å². The van der Waals surface area contributed by atoms with Crippen LogP contribution in [0.5, 0.6) is 0 Å². The molecule has 60 valence electrons. The lowest BCUT2D eigenvalue weighted by Gasteiger charge is -2.45. The van der Waals surface area contributed by atoms with E-state index in [1.165, 1.54) is 19.3 Å². The first-order valence-electron chi connectivity index (χ1n) is 5.03. The Balaban J connectivity index is 1.83. The van der Waals surface area contributed by atoms with Crippen LogP contribution in [0.2, 0.25) is 0 Å². The van der Waals surface area contributed by atoms with Crippen molar-refractivity contribution in [1.29, 1.82) is 0 Å². The third-order valence-corrected chi connectivity index (χ3v) is 4.20. The molecule has 2 saturated carbocycles. The summed E-state index contributed by atoms with van der Waals surface area (Å²) in [5, 5.41) is 0. The molecule has 5 atom stereocenters. The molecule has 0 amide bonds. The Morgan fingerprint density at radius 2 is 1.91 bits per heavy atom. The second-order valence-electron chi connectivity index (χ2n) is 4.81. The topological polar surface area (TPSA) is 0 Å². The molecule has 3 rings (SSSR count). The first kappa shape index (κ1) is 6.28. The fraction of sp³-hybridized carbons (Fsp3) is 0.818. The SMILES string of the molecule is CC1CC2C3C=CCC3C2C1. The van der Waals surface area contributed by atoms with Gasteiger partial charge in [0, 0.05) is 0 Å². The van der Waals surface area contributed by atoms with Gasteiger partial charge in [0.2, 0.25) is 0 Å². The number of fused-ring (bicyclic) bond motifs is 4. The standard InChI is InChI=1S/C11H16/c1-7-5-10-8-3-2-4-9(8)11(10)6-7/h2-3,7-11H,4-6H2,1H3. The molecule has 0 heteroatoms. The van der Waals surface area contributed by atoms with Crippen molar-refractivity contribution < 1.29 is 0 Å². The van der Waals surface area contributed by atoms with Crippen molar-refractivity contribution in [2.75, 3.05) is 0 Å². The van der Waals surface area contributed by atoms with Crippen LogP contribution in [0.25, 0.3) is 0 Å². The summed E-state index contributed by atoms with van der Waals surface area (Å²) < 4.78 is 0. The van der Waals surface area contributed by atoms with Crippen molar-refractivity contribution in [2.45, 2.75) is 26.2 Å². The van der Waals surface area contributed by atoms with Gasteiger partial charge in [0.25, 0.3) is 0 Å². The molecule has 0 aromatic heterocycles. The predicted octanol–water partition coefficient (Wildman–Crippen LogP) is 2.85. The molecule has 0 saturated heterocycles. The van der Waals surface area contributed by atoms with Crippen LogP contribution in [0.4, 0.5) is 0 Å². The maximum Gasteiger partial charge on any atom is -0.0168 e. The van der Waals surface area contributed by atoms with Crippen molar-refractivity contribution in [3.63, 3.8) is 0 Å². The fourth-order valence-electron chi connectivity index (χ4n) is 3.78. The summed E-state index contributed by atoms with van der Waals surface area (Å²) in [6, 6.07) is 0. The molecular weight excluding hydrogens is 132 g/mol. The van der Waals surface area contributed by atoms with Crippen LogP contribution < -0.4 is 0 Å². The summed E-state index contributed by atoms with van der Waals surface area (Å²) in [6.45, 7) is 2.43. The zero-order valence-electron chi connectivity index (χ0n) is 7.16. The predicted molar refractivity (Wildman–Crippen MR) is 46.1 cm³/mol. The van der Waals surface area contributed by atoms with Gasteiger partial charge in [0.05, 0.1) is 0 Å². The third kappa shape index (κ3) is 0.660. The van der Waals surface area contributed by atoms with Gasteiger partial charge in [-0.2, -0.15) is 0 Å². The molecule has 0 aliphatic heterocycles. The summed E-state index contributed by atoms with van der Waals surface area (Å²) in [6.07, 6.45) is 9.37. The molecule has 3 aliphatic carbocycles. The van der Waals surface area contributed by atoms with E-state index in [4.69, 9.17) is 0 Å². The van der Waals surface area contributed by atoms with Gasteiger partial charge in [-0.05, 0) is 48.9 Å². The van der Waals surface area contributed by atoms with E-state index in [0.29, 0.717) is 0 Å². The van der Waals surface area contributed by atoms with E-state index in [2.05, 4.69) is 19.1 Å². The average Bonchev–Trinajstić information content (AvgIpc) is 2.49. The molecule has 2 fully saturated rings. The zero-order valence-corrected chi connectivity index (χ0v) is 7.16. The van der Waals surface area contributed by atoms with Crippen LogP contribution in [-0.2, 0) is 0 Å². The number of rotatable bonds is 0. The average molecular weight is 148 g/mol. The van der Waals surface area contributed by atoms with Crippen molar-refractivity contribution in [3.8, 4) is 0 Å². The molecule has 0 heterocycles. The van der Waals surface area contributed by atoms with Crippen LogP contribution in [0.15, 0.2) is 12.2 Å². The summed E-state index contributed by atoms with van der Waals surface area (Å²) >= 11 is 0. The highest BCUT2D eigenvalue weighted by molar-refractivity contribution is 5.15. The van der Waals surface area contributed by atoms with Gasteiger partial charge in [-0.3, -0.25) is 0 Å². The van der Waals surface area contributed by atoms with Gasteiger partial charge < -0.3 is 0 Å². The lowest BCUT2D eigenvalue weighted by atomic mass is 9.60. The van der Waals surface area contributed by atoms with E-state index in [-0.39, 0.29) is 0 Å². The minimum absolute atomic E-state index is 1.02. The fourth-order valence-corrected chi connectivity index (χ4v) is 3.78. The highest BCUT2D eigenvalue weighted by Crippen LogP contribution is 2.60. The van der Waals surface area contributed by atoms with Crippen molar-refractivity contribution in [1.82, 2.24) is 0 Å². The van der Waals surface area contributed by atoms with E-state index < -0.39 is 0 Å². The second kappa shape index (κ2) is 1.91. The van der Waals surface area contributed by atoms with Crippen LogP contribution in [0.1, 0.15) is 26.2 Å². The molecule has 0 radical (unpaired) electrons. The third-order valence-electron chi connectivity index (χ3n) is 4.20. The largest absolute Gasteiger partial charge is 0.0879 e. The van der Waals surface area contributed by atoms with Crippen molar-refractivity contribution in [2.24, 2.45) is 29.6 Å². The lowest BCUT2D eigenvalue weighted by molar-refractivity contribution is 0.0514. The van der Waals surface area contributed by atoms with E-state index in [0.717, 1.165) is 29.6 Å². The van der Waals surface area contributed by atoms with Gasteiger partial charge >= 0.3 is 0 Å². The molecule has 3 aliphatic rings. The second-order valence-corrected chi connectivity index (χ2v) is 4.81. The monoisotopic (exact) mass is 148 g/mol. The summed E-state index contributed by atoms with van der Waals surface area (Å²) in [5.74, 6) is 5.37. The first-order chi connectivity index (χ1) is 5.36. The lowest BCUT2D eigenvalue weighted by Crippen LogP contribution is -2.39. The Bertz CT molecular complexity index is 204. The molecule has 0 spiro atoms. The Morgan fingerprint density at radius 3 is 2.82 bits per heavy atom. The highest BCUT2D eigenvalue weighted by atomic mass is 14.6. The van der Waals surface area contributed by atoms with Crippen LogP contribution in [-0.4, -0.2) is 0 Å². The molecule has 0 aromatic carbocycles. The van der Waals surface area contributed by atoms with Gasteiger partial charge in [-0.25, -0.2) is 0 Å². The van der Waals surface area contributed by atoms with Gasteiger partial charge in [0.15, 0.2) is 0 Å². The Labute approximate surface area is 68.7 Å². The highest BCUT2D eigenvalue weighted by Gasteiger charge is 2.53. The van der Waals surface area contributed by atoms with Crippen LogP contribution >= 0.6 is 0 Å². The number of hydrogen-bond donors (Lipinski definition) is 0. The quantitative estimate of drug-likeness (QED) is 0.463. The Morgan fingerprint density at radius 1 is 1.09 bits per heavy atom. The van der Waals surface area contributed by atoms with E-state index in [1.54, 1.807) is 0 Å². The molecule has 0 aromatic rings. The minimum Gasteiger partial charge on any atom is -0.0879 e. The molecule has 0 bridgehead atoms. The summed E-state index contributed by atoms with van der Waals surface area (Å²) in [7, 11) is 0. The summed E-state index contributed by atoms with van der Waals surface area (Å²) in [5.41, 5.74) is 0. The first-order valence-corrected chi connectivity index (χ1v) is 5.03. The Hall–Kier alpha value is -0.260. The normalized spacial score (nSPS) is 58.8. The number of allylic oxidation sites excluding steroid dienone is 2. The van der Waals surface area contributed by atoms with Gasteiger partial charge in [-0.15, -0.1) is 0 Å².